The van der Waals surface area contributed by atoms with Gasteiger partial charge in [0.2, 0.25) is 0 Å². The van der Waals surface area contributed by atoms with Crippen molar-refractivity contribution in [2.75, 3.05) is 0 Å². The van der Waals surface area contributed by atoms with Gasteiger partial charge in [0.05, 0.1) is 6.04 Å². The number of carbonyl (C=O) groups excluding carboxylic acids is 2. The van der Waals surface area contributed by atoms with Crippen molar-refractivity contribution in [1.29, 1.82) is 0 Å². The fourth-order valence-corrected chi connectivity index (χ4v) is 3.19. The predicted molar refractivity (Wildman–Crippen MR) is 78.4 cm³/mol. The van der Waals surface area contributed by atoms with E-state index in [1.54, 1.807) is 13.8 Å². The second kappa shape index (κ2) is 6.14. The highest BCUT2D eigenvalue weighted by atomic mass is 79.9. The van der Waals surface area contributed by atoms with Gasteiger partial charge in [-0.2, -0.15) is 5.06 Å². The molecule has 126 valence electrons. The Kier molecular flexibility index (Phi) is 4.75. The van der Waals surface area contributed by atoms with Crippen molar-refractivity contribution in [1.82, 2.24) is 5.06 Å². The summed E-state index contributed by atoms with van der Waals surface area (Å²) in [7, 11) is 0. The molecule has 1 heterocycles. The molecule has 4 nitrogen and oxygen atoms in total. The largest absolute Gasteiger partial charge is 0.338 e. The summed E-state index contributed by atoms with van der Waals surface area (Å²) < 4.78 is 41.0. The van der Waals surface area contributed by atoms with E-state index in [2.05, 4.69) is 15.9 Å². The van der Waals surface area contributed by atoms with Crippen molar-refractivity contribution in [2.45, 2.75) is 39.7 Å². The number of hydrogen-bond donors (Lipinski definition) is 0. The van der Waals surface area contributed by atoms with Crippen LogP contribution in [0.4, 0.5) is 13.2 Å². The highest BCUT2D eigenvalue weighted by Crippen LogP contribution is 2.43. The number of piperidine rings is 1. The van der Waals surface area contributed by atoms with Gasteiger partial charge < -0.3 is 4.84 Å². The molecule has 1 fully saturated rings. The minimum atomic E-state index is -1.64. The lowest BCUT2D eigenvalue weighted by atomic mass is 9.79. The standard InChI is InChI=1S/C15H15BrF3NO3/c1-7(21)23-20-10(4-5-15(2,3)14(20)22)11-8(16)6-9(17)12(18)13(11)19/h6,10H,4-5H2,1-3H3. The fourth-order valence-electron chi connectivity index (χ4n) is 2.55. The Morgan fingerprint density at radius 2 is 1.96 bits per heavy atom. The summed E-state index contributed by atoms with van der Waals surface area (Å²) in [5.74, 6) is -5.69. The highest BCUT2D eigenvalue weighted by Gasteiger charge is 2.45. The van der Waals surface area contributed by atoms with Crippen LogP contribution in [-0.2, 0) is 14.4 Å². The zero-order valence-corrected chi connectivity index (χ0v) is 14.3. The van der Waals surface area contributed by atoms with Crippen LogP contribution >= 0.6 is 15.9 Å². The van der Waals surface area contributed by atoms with Crippen LogP contribution in [0.3, 0.4) is 0 Å². The summed E-state index contributed by atoms with van der Waals surface area (Å²) in [5, 5.41) is 0.756. The molecule has 0 N–H and O–H groups in total. The van der Waals surface area contributed by atoms with Crippen molar-refractivity contribution in [3.8, 4) is 0 Å². The summed E-state index contributed by atoms with van der Waals surface area (Å²) in [6, 6.07) is -0.256. The molecule has 0 radical (unpaired) electrons. The van der Waals surface area contributed by atoms with Crippen LogP contribution in [0.1, 0.15) is 45.2 Å². The summed E-state index contributed by atoms with van der Waals surface area (Å²) >= 11 is 2.98. The first-order valence-corrected chi connectivity index (χ1v) is 7.70. The number of rotatable bonds is 2. The second-order valence-corrected chi connectivity index (χ2v) is 6.89. The van der Waals surface area contributed by atoms with E-state index in [0.29, 0.717) is 6.42 Å². The van der Waals surface area contributed by atoms with Crippen LogP contribution < -0.4 is 0 Å². The first kappa shape index (κ1) is 17.8. The maximum Gasteiger partial charge on any atom is 0.329 e. The van der Waals surface area contributed by atoms with Crippen LogP contribution in [0.15, 0.2) is 10.5 Å². The summed E-state index contributed by atoms with van der Waals surface area (Å²) in [5.41, 5.74) is -1.07. The molecule has 0 aromatic heterocycles. The number of hydrogen-bond acceptors (Lipinski definition) is 3. The van der Waals surface area contributed by atoms with E-state index < -0.39 is 40.8 Å². The van der Waals surface area contributed by atoms with Crippen molar-refractivity contribution >= 4 is 27.8 Å². The van der Waals surface area contributed by atoms with E-state index in [1.165, 1.54) is 0 Å². The van der Waals surface area contributed by atoms with Gasteiger partial charge in [-0.05, 0) is 18.9 Å². The number of amides is 1. The van der Waals surface area contributed by atoms with Crippen molar-refractivity contribution in [2.24, 2.45) is 5.41 Å². The smallest absolute Gasteiger partial charge is 0.329 e. The van der Waals surface area contributed by atoms with Crippen molar-refractivity contribution in [3.63, 3.8) is 0 Å². The zero-order valence-electron chi connectivity index (χ0n) is 12.8. The molecule has 1 aliphatic heterocycles. The molecule has 8 heteroatoms. The quantitative estimate of drug-likeness (QED) is 0.562. The molecule has 0 bridgehead atoms. The summed E-state index contributed by atoms with van der Waals surface area (Å²) in [6.07, 6.45) is 0.603. The number of nitrogens with zero attached hydrogens (tertiary/aromatic N) is 1. The topological polar surface area (TPSA) is 46.6 Å². The number of carbonyl (C=O) groups is 2. The maximum absolute atomic E-state index is 14.2. The Bertz CT molecular complexity index is 678. The first-order valence-electron chi connectivity index (χ1n) is 6.91. The van der Waals surface area contributed by atoms with E-state index in [9.17, 15) is 22.8 Å². The van der Waals surface area contributed by atoms with Crippen LogP contribution in [0, 0.1) is 22.9 Å². The maximum atomic E-state index is 14.2. The van der Waals surface area contributed by atoms with E-state index in [1.807, 2.05) is 0 Å². The SMILES string of the molecule is CC(=O)ON1C(=O)C(C)(C)CCC1c1c(Br)cc(F)c(F)c1F. The molecule has 1 unspecified atom stereocenters. The Labute approximate surface area is 139 Å². The Balaban J connectivity index is 2.55. The molecule has 0 spiro atoms. The van der Waals surface area contributed by atoms with Crippen LogP contribution in [0.5, 0.6) is 0 Å². The molecule has 1 aliphatic rings. The fraction of sp³-hybridized carbons (Fsp3) is 0.467. The molecule has 23 heavy (non-hydrogen) atoms. The average Bonchev–Trinajstić information content (AvgIpc) is 2.43. The molecule has 1 amide bonds. The molecule has 0 aliphatic carbocycles. The van der Waals surface area contributed by atoms with E-state index in [0.717, 1.165) is 18.1 Å². The third-order valence-corrected chi connectivity index (χ3v) is 4.47. The highest BCUT2D eigenvalue weighted by molar-refractivity contribution is 9.10. The van der Waals surface area contributed by atoms with Gasteiger partial charge in [-0.25, -0.2) is 13.2 Å². The Morgan fingerprint density at radius 3 is 2.52 bits per heavy atom. The van der Waals surface area contributed by atoms with Gasteiger partial charge in [0.25, 0.3) is 5.91 Å². The van der Waals surface area contributed by atoms with Gasteiger partial charge in [-0.1, -0.05) is 29.8 Å². The van der Waals surface area contributed by atoms with Gasteiger partial charge in [-0.3, -0.25) is 9.59 Å². The van der Waals surface area contributed by atoms with Gasteiger partial charge in [-0.15, -0.1) is 0 Å². The Morgan fingerprint density at radius 1 is 1.35 bits per heavy atom. The number of benzene rings is 1. The lowest BCUT2D eigenvalue weighted by Crippen LogP contribution is -2.48. The third-order valence-electron chi connectivity index (χ3n) is 3.81. The van der Waals surface area contributed by atoms with Crippen LogP contribution in [0.25, 0.3) is 0 Å². The predicted octanol–water partition coefficient (Wildman–Crippen LogP) is 4.03. The molecule has 1 aromatic rings. The number of halogens is 4. The van der Waals surface area contributed by atoms with Crippen LogP contribution in [0.2, 0.25) is 0 Å². The van der Waals surface area contributed by atoms with Crippen LogP contribution in [-0.4, -0.2) is 16.9 Å². The minimum absolute atomic E-state index is 0.0384. The monoisotopic (exact) mass is 393 g/mol. The van der Waals surface area contributed by atoms with E-state index in [4.69, 9.17) is 4.84 Å². The van der Waals surface area contributed by atoms with Crippen molar-refractivity contribution < 1.29 is 27.6 Å². The lowest BCUT2D eigenvalue weighted by Gasteiger charge is -2.41. The molecular weight excluding hydrogens is 379 g/mol. The zero-order chi connectivity index (χ0) is 17.5. The first-order chi connectivity index (χ1) is 10.6. The molecule has 2 rings (SSSR count). The summed E-state index contributed by atoms with van der Waals surface area (Å²) in [4.78, 5) is 28.7. The lowest BCUT2D eigenvalue weighted by molar-refractivity contribution is -0.220. The van der Waals surface area contributed by atoms with Crippen molar-refractivity contribution in [3.05, 3.63) is 33.6 Å². The van der Waals surface area contributed by atoms with Gasteiger partial charge in [0, 0.05) is 22.4 Å². The third kappa shape index (κ3) is 3.22. The van der Waals surface area contributed by atoms with E-state index >= 15 is 0 Å². The molecule has 1 saturated heterocycles. The van der Waals surface area contributed by atoms with Gasteiger partial charge in [0.1, 0.15) is 0 Å². The summed E-state index contributed by atoms with van der Waals surface area (Å²) in [6.45, 7) is 4.43. The normalized spacial score (nSPS) is 20.6. The molecule has 0 saturated carbocycles. The minimum Gasteiger partial charge on any atom is -0.338 e. The molecular formula is C15H15BrF3NO3. The average molecular weight is 394 g/mol. The number of hydroxylamine groups is 2. The van der Waals surface area contributed by atoms with E-state index in [-0.39, 0.29) is 16.5 Å². The second-order valence-electron chi connectivity index (χ2n) is 6.03. The van der Waals surface area contributed by atoms with Gasteiger partial charge >= 0.3 is 5.97 Å². The van der Waals surface area contributed by atoms with Gasteiger partial charge in [0.15, 0.2) is 17.5 Å². The molecule has 1 atom stereocenters. The molecule has 1 aromatic carbocycles. The Hall–Kier alpha value is -1.57.